The number of nitrogens with one attached hydrogen (secondary N) is 1. The molecule has 0 saturated carbocycles. The van der Waals surface area contributed by atoms with Gasteiger partial charge in [-0.3, -0.25) is 13.8 Å². The first kappa shape index (κ1) is 70.2. The second kappa shape index (κ2) is 54.0. The summed E-state index contributed by atoms with van der Waals surface area (Å²) in [6.45, 7) is 4.73. The third-order valence-corrected chi connectivity index (χ3v) is 14.7. The minimum absolute atomic E-state index is 0.0592. The van der Waals surface area contributed by atoms with E-state index in [0.717, 1.165) is 64.2 Å². The number of carbonyl (C=O) groups is 1. The second-order valence-electron chi connectivity index (χ2n) is 22.1. The lowest BCUT2D eigenvalue weighted by Crippen LogP contribution is -2.45. The summed E-state index contributed by atoms with van der Waals surface area (Å²) in [6.07, 6.45) is 73.3. The number of likely N-dealkylation sites (N-methyl/N-ethyl adjacent to an activating group) is 1. The predicted octanol–water partition coefficient (Wildman–Crippen LogP) is 18.9. The van der Waals surface area contributed by atoms with E-state index in [1.165, 1.54) is 199 Å². The SMILES string of the molecule is CC/C=C\C/C=C\C/C=C\C/C=C\CCCCCCCCCCCCC(=O)NC(COP(=O)(O)OCC[N+](C)(C)C)C(O)/C=C/CCCCCCCCCCCCCCCCCCCCCCCCCCC. The highest BCUT2D eigenvalue weighted by Crippen LogP contribution is 2.43. The number of phosphoric acid groups is 1. The summed E-state index contributed by atoms with van der Waals surface area (Å²) in [6, 6.07) is -0.853. The maximum absolute atomic E-state index is 13.0. The van der Waals surface area contributed by atoms with Crippen molar-refractivity contribution in [2.75, 3.05) is 40.9 Å². The van der Waals surface area contributed by atoms with Gasteiger partial charge in [0.2, 0.25) is 5.91 Å². The zero-order valence-corrected chi connectivity index (χ0v) is 49.1. The molecular weight excluding hydrogens is 912 g/mol. The average molecular weight is 1030 g/mol. The van der Waals surface area contributed by atoms with Crippen molar-refractivity contribution >= 4 is 13.7 Å². The maximum atomic E-state index is 13.0. The number of rotatable bonds is 56. The Kier molecular flexibility index (Phi) is 52.7. The summed E-state index contributed by atoms with van der Waals surface area (Å²) in [4.78, 5) is 23.3. The minimum atomic E-state index is -4.35. The molecule has 0 spiro atoms. The smallest absolute Gasteiger partial charge is 0.387 e. The quantitative estimate of drug-likeness (QED) is 0.0243. The molecule has 0 aromatic rings. The van der Waals surface area contributed by atoms with Gasteiger partial charge in [0.05, 0.1) is 39.9 Å². The van der Waals surface area contributed by atoms with Crippen molar-refractivity contribution in [3.05, 3.63) is 60.8 Å². The van der Waals surface area contributed by atoms with Crippen molar-refractivity contribution in [2.24, 2.45) is 0 Å². The Morgan fingerprint density at radius 1 is 0.486 bits per heavy atom. The van der Waals surface area contributed by atoms with Crippen molar-refractivity contribution in [1.29, 1.82) is 0 Å². The molecule has 9 heteroatoms. The second-order valence-corrected chi connectivity index (χ2v) is 23.5. The van der Waals surface area contributed by atoms with Crippen LogP contribution in [0, 0.1) is 0 Å². The van der Waals surface area contributed by atoms with Gasteiger partial charge >= 0.3 is 7.82 Å². The van der Waals surface area contributed by atoms with Gasteiger partial charge in [-0.1, -0.05) is 280 Å². The molecular formula is C63H120N2O6P+. The fourth-order valence-electron chi connectivity index (χ4n) is 8.98. The number of unbranched alkanes of at least 4 members (excludes halogenated alkanes) is 35. The molecule has 0 saturated heterocycles. The number of quaternary nitrogens is 1. The van der Waals surface area contributed by atoms with Gasteiger partial charge in [0, 0.05) is 6.42 Å². The van der Waals surface area contributed by atoms with Crippen LogP contribution in [-0.2, 0) is 18.4 Å². The molecule has 72 heavy (non-hydrogen) atoms. The fraction of sp³-hybridized carbons (Fsp3) is 0.825. The number of nitrogens with zero attached hydrogens (tertiary/aromatic N) is 1. The van der Waals surface area contributed by atoms with Crippen LogP contribution in [0.25, 0.3) is 0 Å². The first-order valence-electron chi connectivity index (χ1n) is 30.7. The van der Waals surface area contributed by atoms with Gasteiger partial charge in [-0.25, -0.2) is 4.57 Å². The lowest BCUT2D eigenvalue weighted by Gasteiger charge is -2.25. The van der Waals surface area contributed by atoms with E-state index in [0.29, 0.717) is 17.4 Å². The Balaban J connectivity index is 4.17. The molecule has 422 valence electrons. The molecule has 3 N–H and O–H groups in total. The normalized spacial score (nSPS) is 14.3. The van der Waals surface area contributed by atoms with E-state index in [1.54, 1.807) is 6.08 Å². The van der Waals surface area contributed by atoms with E-state index in [4.69, 9.17) is 9.05 Å². The Labute approximate surface area is 447 Å². The van der Waals surface area contributed by atoms with E-state index < -0.39 is 20.0 Å². The van der Waals surface area contributed by atoms with Gasteiger partial charge in [0.1, 0.15) is 13.2 Å². The monoisotopic (exact) mass is 1030 g/mol. The van der Waals surface area contributed by atoms with E-state index in [1.807, 2.05) is 27.2 Å². The standard InChI is InChI=1S/C63H119N2O6P/c1-6-8-10-12-14-16-18-20-22-24-26-28-30-31-32-33-35-36-38-40-42-44-46-48-50-52-54-56-62(66)61(60-71-72(68,69)70-59-58-65(3,4)5)64-63(67)57-55-53-51-49-47-45-43-41-39-37-34-29-27-25-23-21-19-17-15-13-11-9-7-2/h9,11,15,17,21,23,27,29,54,56,61-62,66H,6-8,10,12-14,16,18-20,22,24-26,28,30-53,55,57-60H2,1-5H3,(H-,64,67,68,69)/p+1/b11-9-,17-15-,23-21-,29-27-,56-54+. The van der Waals surface area contributed by atoms with Crippen LogP contribution in [0.15, 0.2) is 60.8 Å². The van der Waals surface area contributed by atoms with E-state index >= 15 is 0 Å². The number of carbonyl (C=O) groups excluding carboxylic acids is 1. The van der Waals surface area contributed by atoms with Gasteiger partial charge in [-0.2, -0.15) is 0 Å². The predicted molar refractivity (Wildman–Crippen MR) is 314 cm³/mol. The molecule has 0 heterocycles. The highest BCUT2D eigenvalue weighted by atomic mass is 31.2. The van der Waals surface area contributed by atoms with Gasteiger partial charge < -0.3 is 19.8 Å². The van der Waals surface area contributed by atoms with Gasteiger partial charge in [0.15, 0.2) is 0 Å². The highest BCUT2D eigenvalue weighted by molar-refractivity contribution is 7.47. The third-order valence-electron chi connectivity index (χ3n) is 13.7. The molecule has 0 aromatic carbocycles. The fourth-order valence-corrected chi connectivity index (χ4v) is 9.71. The van der Waals surface area contributed by atoms with E-state index in [-0.39, 0.29) is 19.1 Å². The van der Waals surface area contributed by atoms with Crippen molar-refractivity contribution < 1.29 is 32.9 Å². The highest BCUT2D eigenvalue weighted by Gasteiger charge is 2.27. The van der Waals surface area contributed by atoms with Crippen molar-refractivity contribution in [3.8, 4) is 0 Å². The molecule has 0 aliphatic rings. The first-order valence-corrected chi connectivity index (χ1v) is 32.2. The van der Waals surface area contributed by atoms with Crippen LogP contribution < -0.4 is 5.32 Å². The Morgan fingerprint density at radius 3 is 1.22 bits per heavy atom. The number of phosphoric ester groups is 1. The molecule has 0 fully saturated rings. The van der Waals surface area contributed by atoms with Crippen LogP contribution in [0.5, 0.6) is 0 Å². The number of hydrogen-bond acceptors (Lipinski definition) is 5. The van der Waals surface area contributed by atoms with Crippen molar-refractivity contribution in [1.82, 2.24) is 5.32 Å². The number of allylic oxidation sites excluding steroid dienone is 9. The van der Waals surface area contributed by atoms with Crippen LogP contribution in [0.2, 0.25) is 0 Å². The molecule has 0 aromatic heterocycles. The molecule has 3 unspecified atom stereocenters. The summed E-state index contributed by atoms with van der Waals surface area (Å²) >= 11 is 0. The van der Waals surface area contributed by atoms with Crippen molar-refractivity contribution in [3.63, 3.8) is 0 Å². The van der Waals surface area contributed by atoms with Crippen LogP contribution in [0.3, 0.4) is 0 Å². The van der Waals surface area contributed by atoms with Gasteiger partial charge in [-0.05, 0) is 57.8 Å². The van der Waals surface area contributed by atoms with Gasteiger partial charge in [-0.15, -0.1) is 0 Å². The lowest BCUT2D eigenvalue weighted by molar-refractivity contribution is -0.870. The van der Waals surface area contributed by atoms with Crippen LogP contribution >= 0.6 is 7.82 Å². The molecule has 0 aliphatic heterocycles. The Bertz CT molecular complexity index is 1360. The summed E-state index contributed by atoms with van der Waals surface area (Å²) in [7, 11) is 1.57. The molecule has 1 amide bonds. The van der Waals surface area contributed by atoms with Crippen LogP contribution in [0.4, 0.5) is 0 Å². The van der Waals surface area contributed by atoms with Crippen LogP contribution in [0.1, 0.15) is 284 Å². The Hall–Kier alpha value is -1.80. The molecule has 0 aliphatic carbocycles. The van der Waals surface area contributed by atoms with Crippen LogP contribution in [-0.4, -0.2) is 73.4 Å². The molecule has 3 atom stereocenters. The number of hydrogen-bond donors (Lipinski definition) is 3. The van der Waals surface area contributed by atoms with Crippen molar-refractivity contribution in [2.45, 2.75) is 296 Å². The summed E-state index contributed by atoms with van der Waals surface area (Å²) in [5, 5.41) is 14.0. The maximum Gasteiger partial charge on any atom is 0.472 e. The topological polar surface area (TPSA) is 105 Å². The molecule has 0 radical (unpaired) electrons. The minimum Gasteiger partial charge on any atom is -0.387 e. The first-order chi connectivity index (χ1) is 35.0. The zero-order chi connectivity index (χ0) is 52.7. The summed E-state index contributed by atoms with van der Waals surface area (Å²) in [5.74, 6) is -0.180. The zero-order valence-electron chi connectivity index (χ0n) is 48.2. The number of aliphatic hydroxyl groups is 1. The largest absolute Gasteiger partial charge is 0.472 e. The molecule has 0 bridgehead atoms. The third kappa shape index (κ3) is 55.9. The number of amides is 1. The molecule has 0 rings (SSSR count). The number of aliphatic hydroxyl groups excluding tert-OH is 1. The Morgan fingerprint density at radius 2 is 0.833 bits per heavy atom. The van der Waals surface area contributed by atoms with E-state index in [9.17, 15) is 19.4 Å². The average Bonchev–Trinajstić information content (AvgIpc) is 3.34. The summed E-state index contributed by atoms with van der Waals surface area (Å²) in [5.41, 5.74) is 0. The lowest BCUT2D eigenvalue weighted by atomic mass is 10.0. The van der Waals surface area contributed by atoms with Gasteiger partial charge in [0.25, 0.3) is 0 Å². The molecule has 8 nitrogen and oxygen atoms in total. The summed E-state index contributed by atoms with van der Waals surface area (Å²) < 4.78 is 23.8. The van der Waals surface area contributed by atoms with E-state index in [2.05, 4.69) is 67.8 Å².